The maximum absolute atomic E-state index is 12.4. The number of furan rings is 1. The van der Waals surface area contributed by atoms with Gasteiger partial charge in [-0.25, -0.2) is 0 Å². The lowest BCUT2D eigenvalue weighted by atomic mass is 10.3. The maximum Gasteiger partial charge on any atom is 0.242 e. The Balaban J connectivity index is 1.94. The number of nitrogens with zero attached hydrogens (tertiary/aromatic N) is 3. The molecular weight excluding hydrogens is 360 g/mol. The van der Waals surface area contributed by atoms with Gasteiger partial charge in [0.05, 0.1) is 12.8 Å². The van der Waals surface area contributed by atoms with E-state index < -0.39 is 0 Å². The molecule has 0 unspecified atom stereocenters. The number of carbonyl (C=O) groups is 1. The Morgan fingerprint density at radius 1 is 1.22 bits per heavy atom. The van der Waals surface area contributed by atoms with Crippen LogP contribution in [0.1, 0.15) is 24.5 Å². The summed E-state index contributed by atoms with van der Waals surface area (Å²) in [5.74, 6) is 1.79. The number of likely N-dealkylation sites (N-methyl/N-ethyl adjacent to an activating group) is 2. The van der Waals surface area contributed by atoms with E-state index in [0.29, 0.717) is 19.6 Å². The summed E-state index contributed by atoms with van der Waals surface area (Å²) in [7, 11) is 1.91. The smallest absolute Gasteiger partial charge is 0.242 e. The van der Waals surface area contributed by atoms with Gasteiger partial charge in [-0.1, -0.05) is 6.07 Å². The molecule has 0 aliphatic rings. The highest BCUT2D eigenvalue weighted by atomic mass is 32.1. The number of carbonyl (C=O) groups excluding carboxylic acids is 1. The number of guanidine groups is 1. The van der Waals surface area contributed by atoms with Crippen LogP contribution in [0.3, 0.4) is 0 Å². The van der Waals surface area contributed by atoms with E-state index >= 15 is 0 Å². The number of amides is 1. The summed E-state index contributed by atoms with van der Waals surface area (Å²) in [4.78, 5) is 22.2. The molecule has 27 heavy (non-hydrogen) atoms. The molecule has 1 N–H and O–H groups in total. The minimum atomic E-state index is 0.112. The molecule has 0 aromatic carbocycles. The molecule has 0 fully saturated rings. The molecule has 0 spiro atoms. The average molecular weight is 391 g/mol. The molecule has 0 aliphatic carbocycles. The molecule has 148 valence electrons. The second-order valence-electron chi connectivity index (χ2n) is 6.21. The number of hydrogen-bond acceptors (Lipinski definition) is 4. The van der Waals surface area contributed by atoms with E-state index in [2.05, 4.69) is 22.8 Å². The van der Waals surface area contributed by atoms with Gasteiger partial charge in [-0.15, -0.1) is 11.3 Å². The molecule has 7 heteroatoms. The van der Waals surface area contributed by atoms with Crippen LogP contribution in [-0.4, -0.2) is 61.4 Å². The molecule has 0 atom stereocenters. The molecule has 0 aliphatic heterocycles. The molecular formula is C20H30N4O2S. The van der Waals surface area contributed by atoms with Gasteiger partial charge < -0.3 is 19.5 Å². The molecule has 0 saturated carbocycles. The summed E-state index contributed by atoms with van der Waals surface area (Å²) >= 11 is 1.74. The molecule has 2 aromatic heterocycles. The first-order chi connectivity index (χ1) is 13.1. The maximum atomic E-state index is 12.4. The van der Waals surface area contributed by atoms with Crippen LogP contribution >= 0.6 is 11.3 Å². The Labute approximate surface area is 165 Å². The zero-order chi connectivity index (χ0) is 19.5. The molecule has 2 rings (SSSR count). The Hall–Kier alpha value is -2.28. The third-order valence-electron chi connectivity index (χ3n) is 4.28. The van der Waals surface area contributed by atoms with Crippen molar-refractivity contribution in [2.75, 3.05) is 39.8 Å². The zero-order valence-corrected chi connectivity index (χ0v) is 17.3. The Bertz CT molecular complexity index is 679. The van der Waals surface area contributed by atoms with E-state index in [9.17, 15) is 4.79 Å². The monoisotopic (exact) mass is 390 g/mol. The number of hydrogen-bond donors (Lipinski definition) is 1. The summed E-state index contributed by atoms with van der Waals surface area (Å²) in [6.45, 7) is 7.15. The summed E-state index contributed by atoms with van der Waals surface area (Å²) in [5, 5.41) is 5.45. The molecule has 2 heterocycles. The zero-order valence-electron chi connectivity index (χ0n) is 16.5. The van der Waals surface area contributed by atoms with Crippen molar-refractivity contribution in [1.82, 2.24) is 15.1 Å². The Kier molecular flexibility index (Phi) is 8.91. The topological polar surface area (TPSA) is 61.1 Å². The Morgan fingerprint density at radius 3 is 2.67 bits per heavy atom. The van der Waals surface area contributed by atoms with Crippen molar-refractivity contribution in [2.24, 2.45) is 4.99 Å². The lowest BCUT2D eigenvalue weighted by Crippen LogP contribution is -2.46. The number of nitrogens with one attached hydrogen (secondary N) is 1. The van der Waals surface area contributed by atoms with Gasteiger partial charge in [0, 0.05) is 50.9 Å². The van der Waals surface area contributed by atoms with Crippen molar-refractivity contribution in [3.63, 3.8) is 0 Å². The second kappa shape index (κ2) is 11.4. The summed E-state index contributed by atoms with van der Waals surface area (Å²) in [6.07, 6.45) is 3.36. The van der Waals surface area contributed by atoms with E-state index in [4.69, 9.17) is 9.41 Å². The van der Waals surface area contributed by atoms with Crippen LogP contribution in [0.25, 0.3) is 0 Å². The molecule has 2 aromatic rings. The fraction of sp³-hybridized carbons (Fsp3) is 0.500. The van der Waals surface area contributed by atoms with Crippen molar-refractivity contribution in [2.45, 2.75) is 26.7 Å². The highest BCUT2D eigenvalue weighted by Gasteiger charge is 2.15. The van der Waals surface area contributed by atoms with Gasteiger partial charge in [-0.3, -0.25) is 9.79 Å². The van der Waals surface area contributed by atoms with Gasteiger partial charge in [0.15, 0.2) is 5.96 Å². The van der Waals surface area contributed by atoms with E-state index in [1.54, 1.807) is 17.6 Å². The van der Waals surface area contributed by atoms with E-state index in [-0.39, 0.29) is 5.91 Å². The minimum Gasteiger partial charge on any atom is -0.469 e. The van der Waals surface area contributed by atoms with E-state index in [0.717, 1.165) is 37.7 Å². The minimum absolute atomic E-state index is 0.112. The second-order valence-corrected chi connectivity index (χ2v) is 7.25. The van der Waals surface area contributed by atoms with E-state index in [1.807, 2.05) is 42.8 Å². The first-order valence-electron chi connectivity index (χ1n) is 9.46. The van der Waals surface area contributed by atoms with Crippen molar-refractivity contribution >= 4 is 23.2 Å². The van der Waals surface area contributed by atoms with Gasteiger partial charge in [-0.05, 0) is 37.4 Å². The van der Waals surface area contributed by atoms with Gasteiger partial charge >= 0.3 is 0 Å². The first-order valence-corrected chi connectivity index (χ1v) is 10.3. The van der Waals surface area contributed by atoms with E-state index in [1.165, 1.54) is 4.88 Å². The number of thiophene rings is 1. The van der Waals surface area contributed by atoms with Crippen LogP contribution in [0.2, 0.25) is 0 Å². The quantitative estimate of drug-likeness (QED) is 0.501. The van der Waals surface area contributed by atoms with Crippen LogP contribution in [0, 0.1) is 0 Å². The first kappa shape index (κ1) is 21.0. The van der Waals surface area contributed by atoms with Crippen LogP contribution < -0.4 is 5.32 Å². The van der Waals surface area contributed by atoms with Gasteiger partial charge in [-0.2, -0.15) is 0 Å². The summed E-state index contributed by atoms with van der Waals surface area (Å²) in [6, 6.07) is 8.03. The highest BCUT2D eigenvalue weighted by molar-refractivity contribution is 7.09. The largest absolute Gasteiger partial charge is 0.469 e. The van der Waals surface area contributed by atoms with Crippen molar-refractivity contribution in [3.05, 3.63) is 46.5 Å². The molecule has 6 nitrogen and oxygen atoms in total. The van der Waals surface area contributed by atoms with Crippen LogP contribution in [0.4, 0.5) is 0 Å². The van der Waals surface area contributed by atoms with Crippen LogP contribution in [0.15, 0.2) is 45.3 Å². The van der Waals surface area contributed by atoms with Crippen LogP contribution in [0.5, 0.6) is 0 Å². The van der Waals surface area contributed by atoms with Gasteiger partial charge in [0.2, 0.25) is 5.91 Å². The average Bonchev–Trinajstić information content (AvgIpc) is 3.35. The van der Waals surface area contributed by atoms with Gasteiger partial charge in [0.25, 0.3) is 0 Å². The SMILES string of the molecule is CCN(CC)C(=O)CN(C)C(=NCCc1cccs1)NCCc1ccco1. The molecule has 1 amide bonds. The third-order valence-corrected chi connectivity index (χ3v) is 5.22. The Morgan fingerprint density at radius 2 is 2.04 bits per heavy atom. The van der Waals surface area contributed by atoms with Crippen molar-refractivity contribution < 1.29 is 9.21 Å². The van der Waals surface area contributed by atoms with Crippen molar-refractivity contribution in [1.29, 1.82) is 0 Å². The standard InChI is InChI=1S/C20H30N4O2S/c1-4-24(5-2)19(25)16-23(3)20(21-12-10-17-8-6-14-26-17)22-13-11-18-9-7-15-27-18/h6-9,14-15H,4-5,10-13,16H2,1-3H3,(H,21,22). The predicted molar refractivity (Wildman–Crippen MR) is 111 cm³/mol. The summed E-state index contributed by atoms with van der Waals surface area (Å²) < 4.78 is 5.38. The van der Waals surface area contributed by atoms with Crippen LogP contribution in [-0.2, 0) is 17.6 Å². The fourth-order valence-corrected chi connectivity index (χ4v) is 3.44. The lowest BCUT2D eigenvalue weighted by molar-refractivity contribution is -0.131. The normalized spacial score (nSPS) is 11.4. The molecule has 0 radical (unpaired) electrons. The molecule has 0 bridgehead atoms. The highest BCUT2D eigenvalue weighted by Crippen LogP contribution is 2.09. The lowest BCUT2D eigenvalue weighted by Gasteiger charge is -2.26. The fourth-order valence-electron chi connectivity index (χ4n) is 2.74. The number of rotatable bonds is 10. The molecule has 0 saturated heterocycles. The predicted octanol–water partition coefficient (Wildman–Crippen LogP) is 2.87. The number of aliphatic imine (C=N–C) groups is 1. The van der Waals surface area contributed by atoms with Gasteiger partial charge in [0.1, 0.15) is 5.76 Å². The van der Waals surface area contributed by atoms with Crippen molar-refractivity contribution in [3.8, 4) is 0 Å². The third kappa shape index (κ3) is 7.09. The summed E-state index contributed by atoms with van der Waals surface area (Å²) in [5.41, 5.74) is 0.